The van der Waals surface area contributed by atoms with E-state index in [1.165, 1.54) is 0 Å². The third kappa shape index (κ3) is 2.57. The number of nitrogens with zero attached hydrogens (tertiary/aromatic N) is 2. The normalized spacial score (nSPS) is 21.1. The minimum absolute atomic E-state index is 0.0811. The Morgan fingerprint density at radius 3 is 2.83 bits per heavy atom. The van der Waals surface area contributed by atoms with E-state index in [1.807, 2.05) is 12.1 Å². The molecule has 3 heteroatoms. The maximum Gasteiger partial charge on any atom is 0.0702 e. The number of rotatable bonds is 3. The van der Waals surface area contributed by atoms with Crippen molar-refractivity contribution in [3.05, 3.63) is 35.9 Å². The lowest BCUT2D eigenvalue weighted by Crippen LogP contribution is -2.50. The summed E-state index contributed by atoms with van der Waals surface area (Å²) in [5.74, 6) is 0. The van der Waals surface area contributed by atoms with Crippen molar-refractivity contribution in [1.29, 1.82) is 0 Å². The van der Waals surface area contributed by atoms with E-state index in [0.29, 0.717) is 6.04 Å². The summed E-state index contributed by atoms with van der Waals surface area (Å²) < 4.78 is 0. The predicted octanol–water partition coefficient (Wildman–Crippen LogP) is 1.96. The Labute approximate surface area is 109 Å². The van der Waals surface area contributed by atoms with Crippen molar-refractivity contribution < 1.29 is 5.11 Å². The second kappa shape index (κ2) is 5.55. The molecule has 0 aliphatic carbocycles. The number of piperazine rings is 1. The zero-order chi connectivity index (χ0) is 13.1. The van der Waals surface area contributed by atoms with E-state index in [2.05, 4.69) is 42.5 Å². The lowest BCUT2D eigenvalue weighted by Gasteiger charge is -2.39. The quantitative estimate of drug-likeness (QED) is 0.883. The largest absolute Gasteiger partial charge is 0.392 e. The molecular formula is C15H22N2O. The van der Waals surface area contributed by atoms with Crippen LogP contribution in [0.1, 0.15) is 18.1 Å². The standard InChI is InChI=1S/C15H22N2O/c1-4-13-5-6-15(14(9-13)11-18)17-8-7-16(3)12(2)10-17/h4-6,9,12,18H,1,7-8,10-11H2,2-3H3/t12-/m1/s1. The topological polar surface area (TPSA) is 26.7 Å². The molecule has 0 radical (unpaired) electrons. The van der Waals surface area contributed by atoms with Crippen LogP contribution in [0.4, 0.5) is 5.69 Å². The number of benzene rings is 1. The lowest BCUT2D eigenvalue weighted by atomic mass is 10.1. The van der Waals surface area contributed by atoms with Gasteiger partial charge in [-0.2, -0.15) is 0 Å². The monoisotopic (exact) mass is 246 g/mol. The first-order valence-corrected chi connectivity index (χ1v) is 6.47. The van der Waals surface area contributed by atoms with E-state index in [-0.39, 0.29) is 6.61 Å². The van der Waals surface area contributed by atoms with Crippen molar-refractivity contribution in [3.63, 3.8) is 0 Å². The summed E-state index contributed by atoms with van der Waals surface area (Å²) in [7, 11) is 2.16. The van der Waals surface area contributed by atoms with Gasteiger partial charge in [0.05, 0.1) is 6.61 Å². The van der Waals surface area contributed by atoms with Crippen LogP contribution in [0, 0.1) is 0 Å². The van der Waals surface area contributed by atoms with Gasteiger partial charge in [0.15, 0.2) is 0 Å². The summed E-state index contributed by atoms with van der Waals surface area (Å²) in [4.78, 5) is 4.73. The van der Waals surface area contributed by atoms with Gasteiger partial charge in [-0.3, -0.25) is 0 Å². The van der Waals surface area contributed by atoms with Crippen LogP contribution in [-0.2, 0) is 6.61 Å². The van der Waals surface area contributed by atoms with Gasteiger partial charge in [0.2, 0.25) is 0 Å². The molecule has 3 nitrogen and oxygen atoms in total. The molecule has 0 saturated carbocycles. The lowest BCUT2D eigenvalue weighted by molar-refractivity contribution is 0.233. The Balaban J connectivity index is 2.25. The average Bonchev–Trinajstić information content (AvgIpc) is 2.41. The molecule has 0 amide bonds. The summed E-state index contributed by atoms with van der Waals surface area (Å²) in [6, 6.07) is 6.72. The first kappa shape index (κ1) is 13.1. The molecule has 98 valence electrons. The molecule has 1 aromatic carbocycles. The van der Waals surface area contributed by atoms with E-state index >= 15 is 0 Å². The zero-order valence-electron chi connectivity index (χ0n) is 11.3. The third-order valence-electron chi connectivity index (χ3n) is 3.81. The van der Waals surface area contributed by atoms with Crippen molar-refractivity contribution in [2.45, 2.75) is 19.6 Å². The van der Waals surface area contributed by atoms with Crippen LogP contribution in [-0.4, -0.2) is 42.7 Å². The molecule has 1 fully saturated rings. The Hall–Kier alpha value is -1.32. The predicted molar refractivity (Wildman–Crippen MR) is 76.8 cm³/mol. The molecule has 1 saturated heterocycles. The fraction of sp³-hybridized carbons (Fsp3) is 0.467. The molecule has 0 bridgehead atoms. The number of aliphatic hydroxyl groups is 1. The van der Waals surface area contributed by atoms with Gasteiger partial charge in [-0.1, -0.05) is 18.7 Å². The van der Waals surface area contributed by atoms with Gasteiger partial charge < -0.3 is 14.9 Å². The minimum atomic E-state index is 0.0811. The Morgan fingerprint density at radius 2 is 2.22 bits per heavy atom. The maximum absolute atomic E-state index is 9.52. The first-order chi connectivity index (χ1) is 8.65. The molecule has 0 spiro atoms. The summed E-state index contributed by atoms with van der Waals surface area (Å²) in [5.41, 5.74) is 3.21. The van der Waals surface area contributed by atoms with Gasteiger partial charge in [-0.25, -0.2) is 0 Å². The van der Waals surface area contributed by atoms with Crippen LogP contribution in [0.15, 0.2) is 24.8 Å². The van der Waals surface area contributed by atoms with Crippen LogP contribution >= 0.6 is 0 Å². The van der Waals surface area contributed by atoms with Crippen molar-refractivity contribution in [2.24, 2.45) is 0 Å². The molecule has 1 aliphatic heterocycles. The molecule has 1 atom stereocenters. The van der Waals surface area contributed by atoms with Gasteiger partial charge in [-0.05, 0) is 31.7 Å². The van der Waals surface area contributed by atoms with Crippen molar-refractivity contribution in [1.82, 2.24) is 4.90 Å². The molecule has 18 heavy (non-hydrogen) atoms. The van der Waals surface area contributed by atoms with Gasteiger partial charge >= 0.3 is 0 Å². The molecule has 2 rings (SSSR count). The van der Waals surface area contributed by atoms with Crippen molar-refractivity contribution in [3.8, 4) is 0 Å². The average molecular weight is 246 g/mol. The molecule has 1 aliphatic rings. The van der Waals surface area contributed by atoms with Crippen LogP contribution in [0.3, 0.4) is 0 Å². The second-order valence-electron chi connectivity index (χ2n) is 5.03. The highest BCUT2D eigenvalue weighted by Gasteiger charge is 2.22. The Kier molecular flexibility index (Phi) is 4.04. The maximum atomic E-state index is 9.52. The summed E-state index contributed by atoms with van der Waals surface area (Å²) in [5, 5.41) is 9.52. The van der Waals surface area contributed by atoms with Crippen molar-refractivity contribution >= 4 is 11.8 Å². The molecular weight excluding hydrogens is 224 g/mol. The fourth-order valence-electron chi connectivity index (χ4n) is 2.43. The highest BCUT2D eigenvalue weighted by molar-refractivity contribution is 5.60. The van der Waals surface area contributed by atoms with E-state index in [1.54, 1.807) is 0 Å². The van der Waals surface area contributed by atoms with Gasteiger partial charge in [0.1, 0.15) is 0 Å². The van der Waals surface area contributed by atoms with Crippen LogP contribution in [0.2, 0.25) is 0 Å². The van der Waals surface area contributed by atoms with Crippen LogP contribution < -0.4 is 4.90 Å². The van der Waals surface area contributed by atoms with Crippen LogP contribution in [0.25, 0.3) is 6.08 Å². The summed E-state index contributed by atoms with van der Waals surface area (Å²) in [6.45, 7) is 9.18. The van der Waals surface area contributed by atoms with Crippen LogP contribution in [0.5, 0.6) is 0 Å². The molecule has 1 N–H and O–H groups in total. The zero-order valence-corrected chi connectivity index (χ0v) is 11.3. The minimum Gasteiger partial charge on any atom is -0.392 e. The number of anilines is 1. The highest BCUT2D eigenvalue weighted by Crippen LogP contribution is 2.25. The fourth-order valence-corrected chi connectivity index (χ4v) is 2.43. The molecule has 1 aromatic rings. The molecule has 1 heterocycles. The highest BCUT2D eigenvalue weighted by atomic mass is 16.3. The van der Waals surface area contributed by atoms with Gasteiger partial charge in [0, 0.05) is 36.9 Å². The summed E-state index contributed by atoms with van der Waals surface area (Å²) >= 11 is 0. The summed E-state index contributed by atoms with van der Waals surface area (Å²) in [6.07, 6.45) is 1.82. The Morgan fingerprint density at radius 1 is 1.44 bits per heavy atom. The van der Waals surface area contributed by atoms with Gasteiger partial charge in [-0.15, -0.1) is 0 Å². The SMILES string of the molecule is C=Cc1ccc(N2CCN(C)[C@H](C)C2)c(CO)c1. The van der Waals surface area contributed by atoms with Gasteiger partial charge in [0.25, 0.3) is 0 Å². The number of likely N-dealkylation sites (N-methyl/N-ethyl adjacent to an activating group) is 1. The molecule has 0 aromatic heterocycles. The number of hydrogen-bond donors (Lipinski definition) is 1. The van der Waals surface area contributed by atoms with Crippen molar-refractivity contribution in [2.75, 3.05) is 31.6 Å². The number of aliphatic hydroxyl groups excluding tert-OH is 1. The second-order valence-corrected chi connectivity index (χ2v) is 5.03. The Bertz CT molecular complexity index is 431. The van der Waals surface area contributed by atoms with E-state index in [9.17, 15) is 5.11 Å². The molecule has 0 unspecified atom stereocenters. The van der Waals surface area contributed by atoms with E-state index < -0.39 is 0 Å². The smallest absolute Gasteiger partial charge is 0.0702 e. The number of hydrogen-bond acceptors (Lipinski definition) is 3. The van der Waals surface area contributed by atoms with E-state index in [4.69, 9.17) is 0 Å². The first-order valence-electron chi connectivity index (χ1n) is 6.47. The van der Waals surface area contributed by atoms with E-state index in [0.717, 1.165) is 36.4 Å². The third-order valence-corrected chi connectivity index (χ3v) is 3.81.